The summed E-state index contributed by atoms with van der Waals surface area (Å²) >= 11 is 11.5. The summed E-state index contributed by atoms with van der Waals surface area (Å²) in [6, 6.07) is 8.83. The Morgan fingerprint density at radius 1 is 1.24 bits per heavy atom. The van der Waals surface area contributed by atoms with Crippen molar-refractivity contribution >= 4 is 34.6 Å². The van der Waals surface area contributed by atoms with E-state index < -0.39 is 10.7 Å². The van der Waals surface area contributed by atoms with Crippen LogP contribution in [0.1, 0.15) is 18.5 Å². The highest BCUT2D eigenvalue weighted by Gasteiger charge is 2.19. The fourth-order valence-corrected chi connectivity index (χ4v) is 2.16. The maximum Gasteiger partial charge on any atom is 0.295 e. The molecule has 2 aromatic carbocycles. The fourth-order valence-electron chi connectivity index (χ4n) is 1.87. The molecule has 0 aromatic heterocycles. The monoisotopic (exact) mass is 328 g/mol. The zero-order valence-corrected chi connectivity index (χ0v) is 12.5. The number of anilines is 1. The Morgan fingerprint density at radius 3 is 2.43 bits per heavy atom. The number of nitro benzene ring substituents is 1. The van der Waals surface area contributed by atoms with Gasteiger partial charge in [-0.2, -0.15) is 0 Å². The molecule has 1 N–H and O–H groups in total. The Kier molecular flexibility index (Phi) is 4.65. The van der Waals surface area contributed by atoms with Crippen molar-refractivity contribution in [3.8, 4) is 0 Å². The molecule has 0 amide bonds. The van der Waals surface area contributed by atoms with Gasteiger partial charge in [-0.25, -0.2) is 4.39 Å². The van der Waals surface area contributed by atoms with Gasteiger partial charge in [0.25, 0.3) is 5.69 Å². The summed E-state index contributed by atoms with van der Waals surface area (Å²) in [7, 11) is 0. The molecule has 21 heavy (non-hydrogen) atoms. The quantitative estimate of drug-likeness (QED) is 0.618. The first kappa shape index (κ1) is 15.5. The summed E-state index contributed by atoms with van der Waals surface area (Å²) < 4.78 is 13.3. The second-order valence-electron chi connectivity index (χ2n) is 4.46. The van der Waals surface area contributed by atoms with Crippen molar-refractivity contribution in [3.05, 3.63) is 67.9 Å². The van der Waals surface area contributed by atoms with Crippen LogP contribution in [0.15, 0.2) is 36.4 Å². The van der Waals surface area contributed by atoms with Crippen LogP contribution in [0, 0.1) is 15.9 Å². The molecule has 2 aromatic rings. The predicted molar refractivity (Wildman–Crippen MR) is 81.6 cm³/mol. The molecule has 7 heteroatoms. The van der Waals surface area contributed by atoms with Gasteiger partial charge >= 0.3 is 0 Å². The van der Waals surface area contributed by atoms with Crippen LogP contribution in [0.3, 0.4) is 0 Å². The molecule has 0 saturated carbocycles. The van der Waals surface area contributed by atoms with Crippen LogP contribution >= 0.6 is 23.2 Å². The SMILES string of the molecule is CC(Nc1cc(Cl)c(F)cc1[N+](=O)[O-])c1ccc(Cl)cc1. The van der Waals surface area contributed by atoms with Crippen molar-refractivity contribution in [1.82, 2.24) is 0 Å². The number of nitrogens with zero attached hydrogens (tertiary/aromatic N) is 1. The summed E-state index contributed by atoms with van der Waals surface area (Å²) in [6.45, 7) is 1.82. The first-order valence-corrected chi connectivity index (χ1v) is 6.79. The van der Waals surface area contributed by atoms with Crippen molar-refractivity contribution in [1.29, 1.82) is 0 Å². The van der Waals surface area contributed by atoms with E-state index in [1.165, 1.54) is 6.07 Å². The lowest BCUT2D eigenvalue weighted by Gasteiger charge is -2.16. The van der Waals surface area contributed by atoms with Gasteiger partial charge < -0.3 is 5.32 Å². The lowest BCUT2D eigenvalue weighted by molar-refractivity contribution is -0.384. The molecule has 4 nitrogen and oxygen atoms in total. The Morgan fingerprint density at radius 2 is 1.86 bits per heavy atom. The van der Waals surface area contributed by atoms with Crippen molar-refractivity contribution in [2.75, 3.05) is 5.32 Å². The highest BCUT2D eigenvalue weighted by molar-refractivity contribution is 6.31. The predicted octanol–water partition coefficient (Wildman–Crippen LogP) is 5.21. The third-order valence-electron chi connectivity index (χ3n) is 2.98. The highest BCUT2D eigenvalue weighted by atomic mass is 35.5. The first-order chi connectivity index (χ1) is 9.88. The smallest absolute Gasteiger partial charge is 0.295 e. The first-order valence-electron chi connectivity index (χ1n) is 6.04. The van der Waals surface area contributed by atoms with E-state index in [0.29, 0.717) is 5.02 Å². The van der Waals surface area contributed by atoms with E-state index >= 15 is 0 Å². The zero-order chi connectivity index (χ0) is 15.6. The van der Waals surface area contributed by atoms with Crippen LogP contribution < -0.4 is 5.32 Å². The van der Waals surface area contributed by atoms with Gasteiger partial charge in [0, 0.05) is 11.1 Å². The molecule has 110 valence electrons. The number of benzene rings is 2. The molecule has 0 bridgehead atoms. The van der Waals surface area contributed by atoms with Crippen LogP contribution in [0.25, 0.3) is 0 Å². The average molecular weight is 329 g/mol. The van der Waals surface area contributed by atoms with Crippen molar-refractivity contribution in [3.63, 3.8) is 0 Å². The standard InChI is InChI=1S/C14H11Cl2FN2O2/c1-8(9-2-4-10(15)5-3-9)18-13-6-11(16)12(17)7-14(13)19(20)21/h2-8,18H,1H3. The molecule has 1 atom stereocenters. The number of halogens is 3. The van der Waals surface area contributed by atoms with Crippen LogP contribution in [0.4, 0.5) is 15.8 Å². The Labute approximate surface area is 130 Å². The van der Waals surface area contributed by atoms with Gasteiger partial charge in [0.2, 0.25) is 0 Å². The molecule has 0 aliphatic rings. The second-order valence-corrected chi connectivity index (χ2v) is 5.30. The number of hydrogen-bond acceptors (Lipinski definition) is 3. The number of hydrogen-bond donors (Lipinski definition) is 1. The second kappa shape index (κ2) is 6.28. The van der Waals surface area contributed by atoms with E-state index in [-0.39, 0.29) is 22.4 Å². The van der Waals surface area contributed by atoms with Gasteiger partial charge in [-0.15, -0.1) is 0 Å². The van der Waals surface area contributed by atoms with E-state index in [2.05, 4.69) is 5.32 Å². The topological polar surface area (TPSA) is 55.2 Å². The van der Waals surface area contributed by atoms with Gasteiger partial charge in [-0.1, -0.05) is 35.3 Å². The van der Waals surface area contributed by atoms with Gasteiger partial charge in [-0.3, -0.25) is 10.1 Å². The molecule has 0 radical (unpaired) electrons. The maximum absolute atomic E-state index is 13.3. The van der Waals surface area contributed by atoms with E-state index in [1.54, 1.807) is 24.3 Å². The van der Waals surface area contributed by atoms with Crippen molar-refractivity contribution < 1.29 is 9.31 Å². The number of nitrogens with one attached hydrogen (secondary N) is 1. The van der Waals surface area contributed by atoms with Gasteiger partial charge in [-0.05, 0) is 30.7 Å². The number of rotatable bonds is 4. The molecule has 0 fully saturated rings. The van der Waals surface area contributed by atoms with Crippen molar-refractivity contribution in [2.24, 2.45) is 0 Å². The van der Waals surface area contributed by atoms with Gasteiger partial charge in [0.1, 0.15) is 11.5 Å². The molecule has 0 saturated heterocycles. The summed E-state index contributed by atoms with van der Waals surface area (Å²) in [5, 5.41) is 14.4. The summed E-state index contributed by atoms with van der Waals surface area (Å²) in [6.07, 6.45) is 0. The number of nitro groups is 1. The lowest BCUT2D eigenvalue weighted by atomic mass is 10.1. The molecule has 1 unspecified atom stereocenters. The van der Waals surface area contributed by atoms with E-state index in [4.69, 9.17) is 23.2 Å². The molecule has 0 heterocycles. The minimum Gasteiger partial charge on any atom is -0.373 e. The highest BCUT2D eigenvalue weighted by Crippen LogP contribution is 2.32. The van der Waals surface area contributed by atoms with E-state index in [1.807, 2.05) is 6.92 Å². The van der Waals surface area contributed by atoms with Crippen molar-refractivity contribution in [2.45, 2.75) is 13.0 Å². The maximum atomic E-state index is 13.3. The molecule has 0 spiro atoms. The Hall–Kier alpha value is -1.85. The molecule has 0 aliphatic heterocycles. The third kappa shape index (κ3) is 3.62. The normalized spacial score (nSPS) is 12.0. The van der Waals surface area contributed by atoms with E-state index in [0.717, 1.165) is 11.6 Å². The third-order valence-corrected chi connectivity index (χ3v) is 3.52. The van der Waals surface area contributed by atoms with Crippen LogP contribution in [-0.4, -0.2) is 4.92 Å². The molecular weight excluding hydrogens is 318 g/mol. The Balaban J connectivity index is 2.32. The minimum atomic E-state index is -0.826. The molecular formula is C14H11Cl2FN2O2. The summed E-state index contributed by atoms with van der Waals surface area (Å²) in [4.78, 5) is 10.3. The van der Waals surface area contributed by atoms with Crippen LogP contribution in [0.5, 0.6) is 0 Å². The lowest BCUT2D eigenvalue weighted by Crippen LogP contribution is -2.08. The van der Waals surface area contributed by atoms with E-state index in [9.17, 15) is 14.5 Å². The van der Waals surface area contributed by atoms with Gasteiger partial charge in [0.15, 0.2) is 0 Å². The summed E-state index contributed by atoms with van der Waals surface area (Å²) in [5.74, 6) is -0.826. The largest absolute Gasteiger partial charge is 0.373 e. The molecule has 2 rings (SSSR count). The minimum absolute atomic E-state index is 0.161. The van der Waals surface area contributed by atoms with Crippen LogP contribution in [-0.2, 0) is 0 Å². The zero-order valence-electron chi connectivity index (χ0n) is 10.9. The Bertz CT molecular complexity index is 677. The van der Waals surface area contributed by atoms with Crippen LogP contribution in [0.2, 0.25) is 10.0 Å². The summed E-state index contributed by atoms with van der Waals surface area (Å²) in [5.41, 5.74) is 0.681. The van der Waals surface area contributed by atoms with Gasteiger partial charge in [0.05, 0.1) is 16.0 Å². The molecule has 0 aliphatic carbocycles. The average Bonchev–Trinajstić information content (AvgIpc) is 2.43. The fraction of sp³-hybridized carbons (Fsp3) is 0.143.